The minimum atomic E-state index is -0.801. The predicted molar refractivity (Wildman–Crippen MR) is 154 cm³/mol. The van der Waals surface area contributed by atoms with Gasteiger partial charge in [0, 0.05) is 22.9 Å². The van der Waals surface area contributed by atoms with Crippen LogP contribution in [-0.4, -0.2) is 34.1 Å². The third-order valence-electron chi connectivity index (χ3n) is 7.17. The van der Waals surface area contributed by atoms with Crippen molar-refractivity contribution in [3.63, 3.8) is 0 Å². The third kappa shape index (κ3) is 4.78. The van der Waals surface area contributed by atoms with E-state index in [4.69, 9.17) is 9.47 Å². The fourth-order valence-electron chi connectivity index (χ4n) is 5.31. The molecule has 208 valence electrons. The predicted octanol–water partition coefficient (Wildman–Crippen LogP) is 5.04. The molecule has 2 aliphatic heterocycles. The summed E-state index contributed by atoms with van der Waals surface area (Å²) in [5.74, 6) is -1.30. The lowest BCUT2D eigenvalue weighted by molar-refractivity contribution is -0.384. The number of imide groups is 1. The van der Waals surface area contributed by atoms with Gasteiger partial charge < -0.3 is 14.5 Å². The number of carbonyl (C=O) groups is 2. The first-order valence-corrected chi connectivity index (χ1v) is 14.3. The number of nitro benzene ring substituents is 1. The maximum atomic E-state index is 13.9. The second-order valence-electron chi connectivity index (χ2n) is 9.72. The Hall–Kier alpha value is -4.42. The standard InChI is InChI=1S/C29H23N3O7S2/c1-15-4-3-5-16(12-15)14-39-20-11-6-17(13-21(20)38-2)22-23-25(40-26-24(22)41-29(35)30-26)28(34)31(27(23)33)18-7-9-19(10-8-18)32(36)37/h3-13,22-23,25H,14H2,1-2H3,(H,30,35)/t22-,23?,25?/m1/s1. The number of nitrogens with one attached hydrogen (secondary N) is 1. The van der Waals surface area contributed by atoms with Crippen molar-refractivity contribution in [3.05, 3.63) is 108 Å². The first kappa shape index (κ1) is 26.8. The van der Waals surface area contributed by atoms with Crippen LogP contribution in [0.3, 0.4) is 0 Å². The fraction of sp³-hybridized carbons (Fsp3) is 0.207. The Bertz CT molecular complexity index is 1750. The van der Waals surface area contributed by atoms with Crippen LogP contribution in [0.4, 0.5) is 11.4 Å². The van der Waals surface area contributed by atoms with E-state index in [1.54, 1.807) is 12.1 Å². The highest BCUT2D eigenvalue weighted by atomic mass is 32.2. The van der Waals surface area contributed by atoms with Crippen LogP contribution in [0.1, 0.15) is 27.5 Å². The van der Waals surface area contributed by atoms with E-state index < -0.39 is 33.8 Å². The van der Waals surface area contributed by atoms with Crippen LogP contribution < -0.4 is 19.2 Å². The number of non-ortho nitro benzene ring substituents is 1. The Morgan fingerprint density at radius 1 is 1.00 bits per heavy atom. The number of methoxy groups -OCH3 is 1. The number of benzene rings is 3. The molecule has 1 N–H and O–H groups in total. The first-order chi connectivity index (χ1) is 19.7. The molecule has 41 heavy (non-hydrogen) atoms. The highest BCUT2D eigenvalue weighted by molar-refractivity contribution is 8.00. The molecule has 0 bridgehead atoms. The molecule has 0 saturated carbocycles. The van der Waals surface area contributed by atoms with Crippen LogP contribution in [0.15, 0.2) is 76.6 Å². The molecule has 1 fully saturated rings. The van der Waals surface area contributed by atoms with Gasteiger partial charge in [-0.05, 0) is 42.3 Å². The van der Waals surface area contributed by atoms with Gasteiger partial charge in [-0.2, -0.15) is 0 Å². The number of H-pyrrole nitrogens is 1. The molecule has 1 saturated heterocycles. The second kappa shape index (κ2) is 10.5. The van der Waals surface area contributed by atoms with Crippen molar-refractivity contribution in [2.75, 3.05) is 12.0 Å². The van der Waals surface area contributed by atoms with Crippen LogP contribution in [-0.2, 0) is 16.2 Å². The number of hydrogen-bond donors (Lipinski definition) is 1. The average molecular weight is 590 g/mol. The maximum absolute atomic E-state index is 13.9. The van der Waals surface area contributed by atoms with Gasteiger partial charge in [0.1, 0.15) is 11.9 Å². The molecule has 2 aliphatic rings. The lowest BCUT2D eigenvalue weighted by atomic mass is 9.83. The monoisotopic (exact) mass is 589 g/mol. The molecule has 3 heterocycles. The number of thiazole rings is 1. The molecule has 1 aromatic heterocycles. The number of aryl methyl sites for hydroxylation is 1. The van der Waals surface area contributed by atoms with Crippen molar-refractivity contribution >= 4 is 46.3 Å². The van der Waals surface area contributed by atoms with Crippen molar-refractivity contribution in [1.29, 1.82) is 0 Å². The van der Waals surface area contributed by atoms with Gasteiger partial charge in [-0.1, -0.05) is 59.0 Å². The number of fused-ring (bicyclic) bond motifs is 2. The molecule has 2 amide bonds. The minimum Gasteiger partial charge on any atom is -0.493 e. The number of amides is 2. The lowest BCUT2D eigenvalue weighted by Gasteiger charge is -2.30. The summed E-state index contributed by atoms with van der Waals surface area (Å²) in [6.07, 6.45) is 0. The van der Waals surface area contributed by atoms with Gasteiger partial charge in [-0.15, -0.1) is 0 Å². The molecule has 6 rings (SSSR count). The van der Waals surface area contributed by atoms with E-state index in [0.29, 0.717) is 33.6 Å². The van der Waals surface area contributed by atoms with E-state index in [1.807, 2.05) is 37.3 Å². The molecular formula is C29H23N3O7S2. The van der Waals surface area contributed by atoms with Crippen LogP contribution in [0, 0.1) is 23.0 Å². The topological polar surface area (TPSA) is 132 Å². The number of rotatable bonds is 7. The molecule has 3 atom stereocenters. The maximum Gasteiger partial charge on any atom is 0.305 e. The molecule has 2 unspecified atom stereocenters. The zero-order valence-electron chi connectivity index (χ0n) is 21.9. The minimum absolute atomic E-state index is 0.144. The average Bonchev–Trinajstić information content (AvgIpc) is 3.46. The summed E-state index contributed by atoms with van der Waals surface area (Å²) in [7, 11) is 1.53. The van der Waals surface area contributed by atoms with Gasteiger partial charge in [0.25, 0.3) is 5.69 Å². The zero-order chi connectivity index (χ0) is 28.8. The Morgan fingerprint density at radius 3 is 2.49 bits per heavy atom. The molecule has 0 aliphatic carbocycles. The Morgan fingerprint density at radius 2 is 1.78 bits per heavy atom. The number of nitrogens with zero attached hydrogens (tertiary/aromatic N) is 2. The molecule has 4 aromatic rings. The normalized spacial score (nSPS) is 19.6. The number of aromatic nitrogens is 1. The summed E-state index contributed by atoms with van der Waals surface area (Å²) in [5.41, 5.74) is 2.94. The van der Waals surface area contributed by atoms with Crippen molar-refractivity contribution in [2.24, 2.45) is 5.92 Å². The van der Waals surface area contributed by atoms with Crippen LogP contribution >= 0.6 is 23.1 Å². The summed E-state index contributed by atoms with van der Waals surface area (Å²) in [4.78, 5) is 54.7. The highest BCUT2D eigenvalue weighted by Gasteiger charge is 2.56. The van der Waals surface area contributed by atoms with Gasteiger partial charge in [0.05, 0.1) is 28.7 Å². The number of ether oxygens (including phenoxy) is 2. The molecule has 0 spiro atoms. The highest BCUT2D eigenvalue weighted by Crippen LogP contribution is 2.53. The van der Waals surface area contributed by atoms with Crippen molar-refractivity contribution in [3.8, 4) is 11.5 Å². The fourth-order valence-corrected chi connectivity index (χ4v) is 7.83. The second-order valence-corrected chi connectivity index (χ2v) is 11.9. The van der Waals surface area contributed by atoms with Crippen molar-refractivity contribution < 1.29 is 24.0 Å². The Kier molecular flexibility index (Phi) is 6.88. The molecule has 3 aromatic carbocycles. The summed E-state index contributed by atoms with van der Waals surface area (Å²) in [6, 6.07) is 18.7. The largest absolute Gasteiger partial charge is 0.493 e. The van der Waals surface area contributed by atoms with Crippen molar-refractivity contribution in [1.82, 2.24) is 4.98 Å². The van der Waals surface area contributed by atoms with Gasteiger partial charge in [-0.25, -0.2) is 4.90 Å². The number of hydrogen-bond acceptors (Lipinski definition) is 9. The van der Waals surface area contributed by atoms with Gasteiger partial charge in [0.15, 0.2) is 11.5 Å². The van der Waals surface area contributed by atoms with Gasteiger partial charge in [0.2, 0.25) is 11.8 Å². The lowest BCUT2D eigenvalue weighted by Crippen LogP contribution is -2.32. The van der Waals surface area contributed by atoms with Gasteiger partial charge in [-0.3, -0.25) is 24.5 Å². The van der Waals surface area contributed by atoms with Crippen LogP contribution in [0.5, 0.6) is 11.5 Å². The summed E-state index contributed by atoms with van der Waals surface area (Å²) >= 11 is 2.18. The first-order valence-electron chi connectivity index (χ1n) is 12.6. The van der Waals surface area contributed by atoms with Gasteiger partial charge >= 0.3 is 4.87 Å². The molecule has 12 heteroatoms. The third-order valence-corrected chi connectivity index (χ3v) is 9.57. The van der Waals surface area contributed by atoms with Crippen molar-refractivity contribution in [2.45, 2.75) is 29.7 Å². The summed E-state index contributed by atoms with van der Waals surface area (Å²) < 4.78 is 11.7. The number of nitro groups is 1. The van der Waals surface area contributed by atoms with E-state index in [1.165, 1.54) is 31.4 Å². The SMILES string of the molecule is COc1cc([C@H]2c3sc(=O)[nH]c3SC3C(=O)N(c4ccc([N+](=O)[O-])cc4)C(=O)C32)ccc1OCc1cccc(C)c1. The number of carbonyl (C=O) groups excluding carboxylic acids is 2. The number of anilines is 1. The molecular weight excluding hydrogens is 566 g/mol. The van der Waals surface area contributed by atoms with E-state index in [2.05, 4.69) is 4.98 Å². The Labute approximate surface area is 242 Å². The van der Waals surface area contributed by atoms with E-state index >= 15 is 0 Å². The summed E-state index contributed by atoms with van der Waals surface area (Å²) in [6.45, 7) is 2.35. The quantitative estimate of drug-likeness (QED) is 0.180. The van der Waals surface area contributed by atoms with E-state index in [9.17, 15) is 24.5 Å². The smallest absolute Gasteiger partial charge is 0.305 e. The summed E-state index contributed by atoms with van der Waals surface area (Å²) in [5, 5.41) is 10.9. The van der Waals surface area contributed by atoms with E-state index in [0.717, 1.165) is 39.1 Å². The number of aromatic amines is 1. The number of thioether (sulfide) groups is 1. The molecule has 10 nitrogen and oxygen atoms in total. The van der Waals surface area contributed by atoms with Crippen LogP contribution in [0.2, 0.25) is 0 Å². The zero-order valence-corrected chi connectivity index (χ0v) is 23.5. The molecule has 0 radical (unpaired) electrons. The van der Waals surface area contributed by atoms with Crippen LogP contribution in [0.25, 0.3) is 0 Å². The Balaban J connectivity index is 1.36. The van der Waals surface area contributed by atoms with E-state index in [-0.39, 0.29) is 16.2 Å².